The molecule has 1 saturated heterocycles. The van der Waals surface area contributed by atoms with E-state index in [0.29, 0.717) is 13.0 Å². The van der Waals surface area contributed by atoms with Crippen LogP contribution in [0.5, 0.6) is 0 Å². The van der Waals surface area contributed by atoms with Gasteiger partial charge in [0.25, 0.3) is 0 Å². The summed E-state index contributed by atoms with van der Waals surface area (Å²) in [4.78, 5) is 25.0. The van der Waals surface area contributed by atoms with Crippen LogP contribution in [0.3, 0.4) is 0 Å². The second kappa shape index (κ2) is 5.04. The number of carbonyl (C=O) groups is 2. The Bertz CT molecular complexity index is 318. The minimum Gasteiger partial charge on any atom is -0.469 e. The third-order valence-electron chi connectivity index (χ3n) is 3.75. The highest BCUT2D eigenvalue weighted by molar-refractivity contribution is 5.87. The van der Waals surface area contributed by atoms with Gasteiger partial charge in [0.2, 0.25) is 5.91 Å². The number of aliphatic hydroxyl groups is 1. The van der Waals surface area contributed by atoms with E-state index in [1.165, 1.54) is 7.11 Å². The van der Waals surface area contributed by atoms with Crippen molar-refractivity contribution in [2.75, 3.05) is 13.7 Å². The van der Waals surface area contributed by atoms with Crippen molar-refractivity contribution in [2.45, 2.75) is 44.2 Å². The molecule has 0 aromatic heterocycles. The number of methoxy groups -OCH3 is 1. The van der Waals surface area contributed by atoms with E-state index in [2.05, 4.69) is 4.74 Å². The van der Waals surface area contributed by atoms with Crippen LogP contribution in [-0.2, 0) is 14.3 Å². The van der Waals surface area contributed by atoms with Crippen molar-refractivity contribution < 1.29 is 19.4 Å². The molecule has 5 heteroatoms. The third kappa shape index (κ3) is 2.60. The molecule has 1 N–H and O–H groups in total. The highest BCUT2D eigenvalue weighted by atomic mass is 16.5. The highest BCUT2D eigenvalue weighted by Crippen LogP contribution is 2.29. The SMILES string of the molecule is COC(=O)C1CC(=O)N(C2CCCC(O)C2)C1. The van der Waals surface area contributed by atoms with Crippen LogP contribution in [0, 0.1) is 5.92 Å². The van der Waals surface area contributed by atoms with Gasteiger partial charge in [0.1, 0.15) is 0 Å². The first-order valence-corrected chi connectivity index (χ1v) is 6.17. The molecule has 17 heavy (non-hydrogen) atoms. The Kier molecular flexibility index (Phi) is 3.66. The standard InChI is InChI=1S/C12H19NO4/c1-17-12(16)8-5-11(15)13(7-8)9-3-2-4-10(14)6-9/h8-10,14H,2-7H2,1H3. The van der Waals surface area contributed by atoms with E-state index in [-0.39, 0.29) is 36.4 Å². The summed E-state index contributed by atoms with van der Waals surface area (Å²) in [6, 6.07) is 0.0981. The maximum Gasteiger partial charge on any atom is 0.310 e. The zero-order valence-corrected chi connectivity index (χ0v) is 10.1. The molecule has 1 aliphatic carbocycles. The van der Waals surface area contributed by atoms with Gasteiger partial charge in [-0.2, -0.15) is 0 Å². The van der Waals surface area contributed by atoms with Gasteiger partial charge in [-0.25, -0.2) is 0 Å². The van der Waals surface area contributed by atoms with Gasteiger partial charge < -0.3 is 14.7 Å². The Labute approximate surface area is 101 Å². The van der Waals surface area contributed by atoms with Gasteiger partial charge in [-0.15, -0.1) is 0 Å². The van der Waals surface area contributed by atoms with Gasteiger partial charge in [-0.05, 0) is 25.7 Å². The lowest BCUT2D eigenvalue weighted by Gasteiger charge is -2.33. The summed E-state index contributed by atoms with van der Waals surface area (Å²) in [6.07, 6.45) is 3.27. The van der Waals surface area contributed by atoms with E-state index >= 15 is 0 Å². The molecule has 1 amide bonds. The number of hydrogen-bond donors (Lipinski definition) is 1. The molecule has 0 aromatic rings. The molecule has 5 nitrogen and oxygen atoms in total. The lowest BCUT2D eigenvalue weighted by atomic mass is 9.92. The second-order valence-electron chi connectivity index (χ2n) is 4.94. The average molecular weight is 241 g/mol. The molecule has 2 aliphatic rings. The Morgan fingerprint density at radius 1 is 1.47 bits per heavy atom. The first kappa shape index (κ1) is 12.4. The molecular weight excluding hydrogens is 222 g/mol. The average Bonchev–Trinajstić information content (AvgIpc) is 2.70. The molecule has 0 radical (unpaired) electrons. The summed E-state index contributed by atoms with van der Waals surface area (Å²) in [6.45, 7) is 0.447. The fraction of sp³-hybridized carbons (Fsp3) is 0.833. The highest BCUT2D eigenvalue weighted by Gasteiger charge is 2.39. The fourth-order valence-electron chi connectivity index (χ4n) is 2.83. The summed E-state index contributed by atoms with van der Waals surface area (Å²) in [5.74, 6) is -0.622. The normalized spacial score (nSPS) is 33.9. The van der Waals surface area contributed by atoms with E-state index in [1.54, 1.807) is 4.90 Å². The Hall–Kier alpha value is -1.10. The van der Waals surface area contributed by atoms with Gasteiger partial charge in [0.05, 0.1) is 19.1 Å². The molecule has 3 atom stereocenters. The summed E-state index contributed by atoms with van der Waals surface area (Å²) in [5, 5.41) is 9.62. The van der Waals surface area contributed by atoms with Crippen molar-refractivity contribution >= 4 is 11.9 Å². The molecule has 2 fully saturated rings. The smallest absolute Gasteiger partial charge is 0.310 e. The lowest BCUT2D eigenvalue weighted by molar-refractivity contribution is -0.145. The van der Waals surface area contributed by atoms with Crippen molar-refractivity contribution in [3.63, 3.8) is 0 Å². The molecule has 3 unspecified atom stereocenters. The predicted octanol–water partition coefficient (Wildman–Crippen LogP) is 0.311. The number of aliphatic hydroxyl groups excluding tert-OH is 1. The van der Waals surface area contributed by atoms with E-state index in [0.717, 1.165) is 19.3 Å². The van der Waals surface area contributed by atoms with Gasteiger partial charge >= 0.3 is 5.97 Å². The minimum absolute atomic E-state index is 0.0134. The lowest BCUT2D eigenvalue weighted by Crippen LogP contribution is -2.41. The topological polar surface area (TPSA) is 66.8 Å². The van der Waals surface area contributed by atoms with Gasteiger partial charge in [-0.1, -0.05) is 0 Å². The maximum absolute atomic E-state index is 11.8. The van der Waals surface area contributed by atoms with Crippen LogP contribution < -0.4 is 0 Å². The van der Waals surface area contributed by atoms with Crippen LogP contribution in [0.15, 0.2) is 0 Å². The summed E-state index contributed by atoms with van der Waals surface area (Å²) in [5.41, 5.74) is 0. The molecular formula is C12H19NO4. The number of amides is 1. The number of hydrogen-bond acceptors (Lipinski definition) is 4. The van der Waals surface area contributed by atoms with Crippen LogP contribution in [0.2, 0.25) is 0 Å². The molecule has 96 valence electrons. The zero-order valence-electron chi connectivity index (χ0n) is 10.1. The molecule has 2 rings (SSSR count). The van der Waals surface area contributed by atoms with Crippen LogP contribution >= 0.6 is 0 Å². The van der Waals surface area contributed by atoms with Gasteiger partial charge in [0, 0.05) is 19.0 Å². The van der Waals surface area contributed by atoms with Crippen LogP contribution in [0.25, 0.3) is 0 Å². The summed E-state index contributed by atoms with van der Waals surface area (Å²) in [7, 11) is 1.35. The summed E-state index contributed by atoms with van der Waals surface area (Å²) < 4.78 is 4.67. The Balaban J connectivity index is 1.97. The Morgan fingerprint density at radius 3 is 2.88 bits per heavy atom. The van der Waals surface area contributed by atoms with Crippen molar-refractivity contribution in [3.05, 3.63) is 0 Å². The number of likely N-dealkylation sites (tertiary alicyclic amines) is 1. The molecule has 1 saturated carbocycles. The van der Waals surface area contributed by atoms with Crippen LogP contribution in [0.4, 0.5) is 0 Å². The molecule has 1 heterocycles. The van der Waals surface area contributed by atoms with Crippen molar-refractivity contribution in [1.82, 2.24) is 4.90 Å². The summed E-state index contributed by atoms with van der Waals surface area (Å²) >= 11 is 0. The molecule has 1 aliphatic heterocycles. The molecule has 0 aromatic carbocycles. The first-order valence-electron chi connectivity index (χ1n) is 6.17. The second-order valence-corrected chi connectivity index (χ2v) is 4.94. The maximum atomic E-state index is 11.8. The van der Waals surface area contributed by atoms with Crippen molar-refractivity contribution in [3.8, 4) is 0 Å². The number of nitrogens with zero attached hydrogens (tertiary/aromatic N) is 1. The van der Waals surface area contributed by atoms with Crippen LogP contribution in [0.1, 0.15) is 32.1 Å². The zero-order chi connectivity index (χ0) is 12.4. The Morgan fingerprint density at radius 2 is 2.24 bits per heavy atom. The number of rotatable bonds is 2. The number of esters is 1. The number of ether oxygens (including phenoxy) is 1. The molecule has 0 bridgehead atoms. The first-order chi connectivity index (χ1) is 8.11. The van der Waals surface area contributed by atoms with Crippen LogP contribution in [-0.4, -0.2) is 47.7 Å². The minimum atomic E-state index is -0.327. The largest absolute Gasteiger partial charge is 0.469 e. The predicted molar refractivity (Wildman–Crippen MR) is 60.1 cm³/mol. The quantitative estimate of drug-likeness (QED) is 0.707. The fourth-order valence-corrected chi connectivity index (χ4v) is 2.83. The van der Waals surface area contributed by atoms with E-state index in [4.69, 9.17) is 0 Å². The monoisotopic (exact) mass is 241 g/mol. The van der Waals surface area contributed by atoms with Gasteiger partial charge in [0.15, 0.2) is 0 Å². The van der Waals surface area contributed by atoms with E-state index < -0.39 is 0 Å². The van der Waals surface area contributed by atoms with Crippen molar-refractivity contribution in [1.29, 1.82) is 0 Å². The molecule has 0 spiro atoms. The number of carbonyl (C=O) groups excluding carboxylic acids is 2. The van der Waals surface area contributed by atoms with Gasteiger partial charge in [-0.3, -0.25) is 9.59 Å². The van der Waals surface area contributed by atoms with E-state index in [9.17, 15) is 14.7 Å². The van der Waals surface area contributed by atoms with E-state index in [1.807, 2.05) is 0 Å². The third-order valence-corrected chi connectivity index (χ3v) is 3.75. The van der Waals surface area contributed by atoms with Crippen molar-refractivity contribution in [2.24, 2.45) is 5.92 Å².